The molecule has 2 aromatic rings. The summed E-state index contributed by atoms with van der Waals surface area (Å²) in [6.45, 7) is 3.67. The van der Waals surface area contributed by atoms with E-state index in [2.05, 4.69) is 11.7 Å². The average molecular weight is 286 g/mol. The molecule has 1 N–H and O–H groups in total. The maximum absolute atomic E-state index is 12.0. The van der Waals surface area contributed by atoms with Gasteiger partial charge in [-0.2, -0.15) is 5.10 Å². The van der Waals surface area contributed by atoms with Gasteiger partial charge in [0.2, 0.25) is 0 Å². The SMILES string of the molecule is C=CCn1nc(-c2cccc(OC)c2)cc(C(=O)O)c1=O. The van der Waals surface area contributed by atoms with Gasteiger partial charge in [-0.3, -0.25) is 4.79 Å². The van der Waals surface area contributed by atoms with E-state index in [1.54, 1.807) is 24.3 Å². The normalized spacial score (nSPS) is 10.1. The van der Waals surface area contributed by atoms with E-state index in [4.69, 9.17) is 9.84 Å². The Morgan fingerprint density at radius 3 is 2.86 bits per heavy atom. The molecule has 2 rings (SSSR count). The van der Waals surface area contributed by atoms with Gasteiger partial charge >= 0.3 is 5.97 Å². The van der Waals surface area contributed by atoms with E-state index in [-0.39, 0.29) is 12.1 Å². The van der Waals surface area contributed by atoms with Crippen LogP contribution >= 0.6 is 0 Å². The van der Waals surface area contributed by atoms with Crippen molar-refractivity contribution >= 4 is 5.97 Å². The number of carboxylic acid groups (broad SMARTS) is 1. The van der Waals surface area contributed by atoms with Crippen LogP contribution in [0.4, 0.5) is 0 Å². The van der Waals surface area contributed by atoms with Crippen molar-refractivity contribution in [1.29, 1.82) is 0 Å². The Labute approximate surface area is 120 Å². The Hall–Kier alpha value is -2.89. The number of methoxy groups -OCH3 is 1. The molecule has 1 aromatic heterocycles. The first-order valence-corrected chi connectivity index (χ1v) is 6.17. The molecule has 6 heteroatoms. The summed E-state index contributed by atoms with van der Waals surface area (Å²) in [5.41, 5.74) is 0.0566. The van der Waals surface area contributed by atoms with Crippen LogP contribution in [0, 0.1) is 0 Å². The van der Waals surface area contributed by atoms with Crippen molar-refractivity contribution in [2.24, 2.45) is 0 Å². The number of ether oxygens (including phenoxy) is 1. The number of aromatic carboxylic acids is 1. The third kappa shape index (κ3) is 3.00. The van der Waals surface area contributed by atoms with E-state index >= 15 is 0 Å². The topological polar surface area (TPSA) is 81.4 Å². The zero-order valence-corrected chi connectivity index (χ0v) is 11.4. The summed E-state index contributed by atoms with van der Waals surface area (Å²) >= 11 is 0. The quantitative estimate of drug-likeness (QED) is 0.848. The van der Waals surface area contributed by atoms with Crippen molar-refractivity contribution in [3.8, 4) is 17.0 Å². The van der Waals surface area contributed by atoms with E-state index in [9.17, 15) is 9.59 Å². The summed E-state index contributed by atoms with van der Waals surface area (Å²) in [6, 6.07) is 8.27. The second-order valence-electron chi connectivity index (χ2n) is 4.26. The maximum Gasteiger partial charge on any atom is 0.341 e. The van der Waals surface area contributed by atoms with Crippen LogP contribution in [-0.2, 0) is 6.54 Å². The zero-order valence-electron chi connectivity index (χ0n) is 11.4. The van der Waals surface area contributed by atoms with Gasteiger partial charge in [-0.25, -0.2) is 9.48 Å². The smallest absolute Gasteiger partial charge is 0.341 e. The van der Waals surface area contributed by atoms with Gasteiger partial charge in [0.15, 0.2) is 0 Å². The molecule has 0 bridgehead atoms. The van der Waals surface area contributed by atoms with Crippen LogP contribution in [0.2, 0.25) is 0 Å². The Morgan fingerprint density at radius 1 is 1.48 bits per heavy atom. The van der Waals surface area contributed by atoms with Crippen molar-refractivity contribution in [3.63, 3.8) is 0 Å². The fraction of sp³-hybridized carbons (Fsp3) is 0.133. The summed E-state index contributed by atoms with van der Waals surface area (Å²) in [7, 11) is 1.54. The zero-order chi connectivity index (χ0) is 15.4. The van der Waals surface area contributed by atoms with Gasteiger partial charge in [-0.05, 0) is 18.2 Å². The van der Waals surface area contributed by atoms with E-state index in [0.29, 0.717) is 17.0 Å². The minimum absolute atomic E-state index is 0.136. The van der Waals surface area contributed by atoms with E-state index in [0.717, 1.165) is 4.68 Å². The van der Waals surface area contributed by atoms with Crippen molar-refractivity contribution in [2.75, 3.05) is 7.11 Å². The molecule has 0 aliphatic carbocycles. The highest BCUT2D eigenvalue weighted by molar-refractivity contribution is 5.88. The minimum atomic E-state index is -1.29. The highest BCUT2D eigenvalue weighted by Crippen LogP contribution is 2.21. The number of allylic oxidation sites excluding steroid dienone is 1. The second kappa shape index (κ2) is 6.04. The lowest BCUT2D eigenvalue weighted by molar-refractivity contribution is 0.0694. The fourth-order valence-corrected chi connectivity index (χ4v) is 1.86. The molecule has 0 aliphatic heterocycles. The molecule has 0 spiro atoms. The van der Waals surface area contributed by atoms with Crippen molar-refractivity contribution in [3.05, 3.63) is 58.9 Å². The number of hydrogen-bond donors (Lipinski definition) is 1. The van der Waals surface area contributed by atoms with Gasteiger partial charge in [0.05, 0.1) is 19.3 Å². The minimum Gasteiger partial charge on any atom is -0.497 e. The molecule has 0 saturated carbocycles. The lowest BCUT2D eigenvalue weighted by Crippen LogP contribution is -2.28. The number of carboxylic acids is 1. The van der Waals surface area contributed by atoms with Crippen LogP contribution < -0.4 is 10.3 Å². The highest BCUT2D eigenvalue weighted by Gasteiger charge is 2.15. The van der Waals surface area contributed by atoms with E-state index in [1.165, 1.54) is 19.3 Å². The van der Waals surface area contributed by atoms with Crippen LogP contribution in [0.5, 0.6) is 5.75 Å². The van der Waals surface area contributed by atoms with Crippen molar-refractivity contribution in [1.82, 2.24) is 9.78 Å². The third-order valence-corrected chi connectivity index (χ3v) is 2.87. The Balaban J connectivity index is 2.65. The standard InChI is InChI=1S/C15H14N2O4/c1-3-7-17-14(18)12(15(19)20)9-13(16-17)10-5-4-6-11(8-10)21-2/h3-6,8-9H,1,7H2,2H3,(H,19,20). The second-order valence-corrected chi connectivity index (χ2v) is 4.26. The van der Waals surface area contributed by atoms with Crippen LogP contribution in [0.25, 0.3) is 11.3 Å². The summed E-state index contributed by atoms with van der Waals surface area (Å²) in [5.74, 6) is -0.669. The molecule has 0 unspecified atom stereocenters. The van der Waals surface area contributed by atoms with Gasteiger partial charge in [-0.15, -0.1) is 6.58 Å². The molecule has 0 atom stereocenters. The number of aromatic nitrogens is 2. The molecular weight excluding hydrogens is 272 g/mol. The average Bonchev–Trinajstić information content (AvgIpc) is 2.49. The Morgan fingerprint density at radius 2 is 2.24 bits per heavy atom. The van der Waals surface area contributed by atoms with Crippen molar-refractivity contribution < 1.29 is 14.6 Å². The molecule has 0 amide bonds. The van der Waals surface area contributed by atoms with Crippen LogP contribution in [-0.4, -0.2) is 28.0 Å². The first kappa shape index (κ1) is 14.5. The van der Waals surface area contributed by atoms with Gasteiger partial charge in [0, 0.05) is 5.56 Å². The number of benzene rings is 1. The highest BCUT2D eigenvalue weighted by atomic mass is 16.5. The van der Waals surface area contributed by atoms with E-state index in [1.807, 2.05) is 0 Å². The third-order valence-electron chi connectivity index (χ3n) is 2.87. The molecule has 0 fully saturated rings. The maximum atomic E-state index is 12.0. The molecule has 1 heterocycles. The summed E-state index contributed by atoms with van der Waals surface area (Å²) in [5, 5.41) is 13.3. The number of nitrogens with zero attached hydrogens (tertiary/aromatic N) is 2. The lowest BCUT2D eigenvalue weighted by atomic mass is 10.1. The molecule has 108 valence electrons. The predicted molar refractivity (Wildman–Crippen MR) is 77.6 cm³/mol. The van der Waals surface area contributed by atoms with E-state index < -0.39 is 11.5 Å². The van der Waals surface area contributed by atoms with Crippen molar-refractivity contribution in [2.45, 2.75) is 6.54 Å². The Bertz CT molecular complexity index is 750. The molecule has 1 aromatic carbocycles. The van der Waals surface area contributed by atoms with Gasteiger partial charge in [-0.1, -0.05) is 18.2 Å². The number of rotatable bonds is 5. The molecule has 6 nitrogen and oxygen atoms in total. The summed E-state index contributed by atoms with van der Waals surface area (Å²) < 4.78 is 6.20. The molecule has 0 aliphatic rings. The van der Waals surface area contributed by atoms with Crippen LogP contribution in [0.1, 0.15) is 10.4 Å². The van der Waals surface area contributed by atoms with Gasteiger partial charge in [0.1, 0.15) is 11.3 Å². The monoisotopic (exact) mass is 286 g/mol. The van der Waals surface area contributed by atoms with Crippen LogP contribution in [0.15, 0.2) is 47.8 Å². The molecule has 0 radical (unpaired) electrons. The summed E-state index contributed by atoms with van der Waals surface area (Å²) in [4.78, 5) is 23.1. The predicted octanol–water partition coefficient (Wildman–Crippen LogP) is 1.80. The summed E-state index contributed by atoms with van der Waals surface area (Å²) in [6.07, 6.45) is 1.48. The molecule has 21 heavy (non-hydrogen) atoms. The number of carbonyl (C=O) groups is 1. The Kier molecular flexibility index (Phi) is 4.18. The van der Waals surface area contributed by atoms with Gasteiger partial charge in [0.25, 0.3) is 5.56 Å². The largest absolute Gasteiger partial charge is 0.497 e. The van der Waals surface area contributed by atoms with Crippen LogP contribution in [0.3, 0.4) is 0 Å². The lowest BCUT2D eigenvalue weighted by Gasteiger charge is -2.08. The van der Waals surface area contributed by atoms with Gasteiger partial charge < -0.3 is 9.84 Å². The fourth-order valence-electron chi connectivity index (χ4n) is 1.86. The first-order chi connectivity index (χ1) is 10.1. The molecular formula is C15H14N2O4. The molecule has 0 saturated heterocycles. The number of hydrogen-bond acceptors (Lipinski definition) is 4. The first-order valence-electron chi connectivity index (χ1n) is 6.17.